The highest BCUT2D eigenvalue weighted by atomic mass is 79.9. The van der Waals surface area contributed by atoms with Gasteiger partial charge in [0.1, 0.15) is 23.6 Å². The molecule has 3 rings (SSSR count). The molecule has 1 heterocycles. The number of aldehydes is 1. The van der Waals surface area contributed by atoms with Crippen LogP contribution in [0.15, 0.2) is 39.5 Å². The van der Waals surface area contributed by atoms with E-state index in [9.17, 15) is 9.90 Å². The van der Waals surface area contributed by atoms with E-state index >= 15 is 0 Å². The molecule has 0 unspecified atom stereocenters. The Kier molecular flexibility index (Phi) is 4.68. The smallest absolute Gasteiger partial charge is 0.153 e. The van der Waals surface area contributed by atoms with Crippen LogP contribution in [0, 0.1) is 0 Å². The molecule has 0 saturated carbocycles. The van der Waals surface area contributed by atoms with E-state index in [1.165, 1.54) is 13.4 Å². The third-order valence-electron chi connectivity index (χ3n) is 3.39. The van der Waals surface area contributed by atoms with Gasteiger partial charge in [-0.2, -0.15) is 0 Å². The van der Waals surface area contributed by atoms with Crippen LogP contribution in [0.5, 0.6) is 11.5 Å². The quantitative estimate of drug-likeness (QED) is 0.450. The van der Waals surface area contributed by atoms with Gasteiger partial charge in [0, 0.05) is 17.1 Å². The van der Waals surface area contributed by atoms with Crippen molar-refractivity contribution < 1.29 is 14.6 Å². The third-order valence-corrected chi connectivity index (χ3v) is 4.60. The fourth-order valence-electron chi connectivity index (χ4n) is 2.24. The number of rotatable bonds is 4. The van der Waals surface area contributed by atoms with E-state index in [1.807, 2.05) is 0 Å². The Bertz CT molecular complexity index is 924. The van der Waals surface area contributed by atoms with Crippen molar-refractivity contribution in [2.45, 2.75) is 0 Å². The molecule has 1 aromatic heterocycles. The number of phenolic OH excluding ortho intramolecular Hbond substituents is 1. The van der Waals surface area contributed by atoms with Crippen molar-refractivity contribution in [3.63, 3.8) is 0 Å². The van der Waals surface area contributed by atoms with Crippen LogP contribution < -0.4 is 10.1 Å². The molecule has 3 aromatic rings. The summed E-state index contributed by atoms with van der Waals surface area (Å²) < 4.78 is 6.27. The average molecular weight is 453 g/mol. The number of benzene rings is 2. The molecule has 0 saturated heterocycles. The predicted molar refractivity (Wildman–Crippen MR) is 98.3 cm³/mol. The van der Waals surface area contributed by atoms with Gasteiger partial charge in [0.25, 0.3) is 0 Å². The van der Waals surface area contributed by atoms with Crippen LogP contribution in [0.4, 0.5) is 11.5 Å². The summed E-state index contributed by atoms with van der Waals surface area (Å²) in [5, 5.41) is 13.6. The molecule has 24 heavy (non-hydrogen) atoms. The number of nitrogens with one attached hydrogen (secondary N) is 1. The second-order valence-corrected chi connectivity index (χ2v) is 6.57. The van der Waals surface area contributed by atoms with E-state index in [2.05, 4.69) is 47.1 Å². The Morgan fingerprint density at radius 3 is 2.50 bits per heavy atom. The molecule has 0 spiro atoms. The Morgan fingerprint density at radius 2 is 1.88 bits per heavy atom. The lowest BCUT2D eigenvalue weighted by molar-refractivity contribution is 0.112. The van der Waals surface area contributed by atoms with Crippen molar-refractivity contribution in [2.75, 3.05) is 12.4 Å². The lowest BCUT2D eigenvalue weighted by Gasteiger charge is -2.12. The predicted octanol–water partition coefficient (Wildman–Crippen LogP) is 4.43. The maximum Gasteiger partial charge on any atom is 0.153 e. The van der Waals surface area contributed by atoms with Crippen molar-refractivity contribution in [1.29, 1.82) is 0 Å². The van der Waals surface area contributed by atoms with Gasteiger partial charge < -0.3 is 15.2 Å². The number of ether oxygens (including phenoxy) is 1. The van der Waals surface area contributed by atoms with Gasteiger partial charge in [-0.1, -0.05) is 0 Å². The second-order valence-electron chi connectivity index (χ2n) is 4.86. The second kappa shape index (κ2) is 6.74. The van der Waals surface area contributed by atoms with Gasteiger partial charge in [-0.3, -0.25) is 4.79 Å². The van der Waals surface area contributed by atoms with Crippen LogP contribution in [0.3, 0.4) is 0 Å². The summed E-state index contributed by atoms with van der Waals surface area (Å²) in [6.07, 6.45) is 2.15. The summed E-state index contributed by atoms with van der Waals surface area (Å²) in [7, 11) is 1.50. The van der Waals surface area contributed by atoms with Gasteiger partial charge >= 0.3 is 0 Å². The molecule has 0 amide bonds. The normalized spacial score (nSPS) is 10.6. The number of phenols is 1. The van der Waals surface area contributed by atoms with Crippen LogP contribution in [0.2, 0.25) is 0 Å². The highest BCUT2D eigenvalue weighted by molar-refractivity contribution is 9.11. The highest BCUT2D eigenvalue weighted by Gasteiger charge is 2.12. The minimum absolute atomic E-state index is 0.112. The van der Waals surface area contributed by atoms with Gasteiger partial charge in [0.05, 0.1) is 27.1 Å². The summed E-state index contributed by atoms with van der Waals surface area (Å²) in [5.74, 6) is 1.11. The first-order valence-electron chi connectivity index (χ1n) is 6.76. The van der Waals surface area contributed by atoms with E-state index in [4.69, 9.17) is 4.74 Å². The molecule has 0 radical (unpaired) electrons. The fourth-order valence-corrected chi connectivity index (χ4v) is 3.43. The molecule has 0 aliphatic rings. The van der Waals surface area contributed by atoms with E-state index in [-0.39, 0.29) is 5.75 Å². The Hall–Kier alpha value is -2.19. The molecular weight excluding hydrogens is 442 g/mol. The maximum atomic E-state index is 11.2. The zero-order chi connectivity index (χ0) is 17.3. The summed E-state index contributed by atoms with van der Waals surface area (Å²) >= 11 is 6.57. The van der Waals surface area contributed by atoms with Gasteiger partial charge in [0.15, 0.2) is 6.29 Å². The van der Waals surface area contributed by atoms with Crippen LogP contribution in [-0.2, 0) is 0 Å². The standard InChI is InChI=1S/C16H11Br2N3O3/c1-24-14-5-13-10(2-8(14)6-22)16(20-7-19-13)21-9-3-11(17)15(23)12(18)4-9/h2-7,23H,1H3,(H,19,20,21). The van der Waals surface area contributed by atoms with Gasteiger partial charge in [0.2, 0.25) is 0 Å². The van der Waals surface area contributed by atoms with Gasteiger partial charge in [-0.25, -0.2) is 9.97 Å². The van der Waals surface area contributed by atoms with Crippen molar-refractivity contribution in [1.82, 2.24) is 9.97 Å². The molecule has 122 valence electrons. The number of hydrogen-bond acceptors (Lipinski definition) is 6. The van der Waals surface area contributed by atoms with Crippen LogP contribution in [0.25, 0.3) is 10.9 Å². The lowest BCUT2D eigenvalue weighted by Crippen LogP contribution is -1.98. The molecular formula is C16H11Br2N3O3. The summed E-state index contributed by atoms with van der Waals surface area (Å²) in [4.78, 5) is 19.7. The molecule has 0 bridgehead atoms. The SMILES string of the molecule is COc1cc2ncnc(Nc3cc(Br)c(O)c(Br)c3)c2cc1C=O. The summed E-state index contributed by atoms with van der Waals surface area (Å²) in [6, 6.07) is 6.80. The number of nitrogens with zero attached hydrogens (tertiary/aromatic N) is 2. The van der Waals surface area contributed by atoms with Crippen LogP contribution >= 0.6 is 31.9 Å². The molecule has 0 atom stereocenters. The summed E-state index contributed by atoms with van der Waals surface area (Å²) in [5.41, 5.74) is 1.76. The highest BCUT2D eigenvalue weighted by Crippen LogP contribution is 2.37. The van der Waals surface area contributed by atoms with Gasteiger partial charge in [-0.15, -0.1) is 0 Å². The number of methoxy groups -OCH3 is 1. The van der Waals surface area contributed by atoms with Crippen LogP contribution in [-0.4, -0.2) is 28.5 Å². The fraction of sp³-hybridized carbons (Fsp3) is 0.0625. The number of aromatic nitrogens is 2. The topological polar surface area (TPSA) is 84.3 Å². The molecule has 8 heteroatoms. The number of hydrogen-bond donors (Lipinski definition) is 2. The Balaban J connectivity index is 2.11. The number of halogens is 2. The van der Waals surface area contributed by atoms with Gasteiger partial charge in [-0.05, 0) is 50.1 Å². The molecule has 0 aliphatic carbocycles. The first-order valence-corrected chi connectivity index (χ1v) is 8.35. The average Bonchev–Trinajstić information content (AvgIpc) is 2.58. The lowest BCUT2D eigenvalue weighted by atomic mass is 10.1. The summed E-state index contributed by atoms with van der Waals surface area (Å²) in [6.45, 7) is 0. The molecule has 0 aliphatic heterocycles. The minimum Gasteiger partial charge on any atom is -0.506 e. The molecule has 0 fully saturated rings. The Labute approximate surface area is 154 Å². The monoisotopic (exact) mass is 451 g/mol. The first-order chi connectivity index (χ1) is 11.5. The number of carbonyl (C=O) groups is 1. The van der Waals surface area contributed by atoms with Crippen molar-refractivity contribution in [3.05, 3.63) is 45.1 Å². The molecule has 2 aromatic carbocycles. The molecule has 6 nitrogen and oxygen atoms in total. The zero-order valence-corrected chi connectivity index (χ0v) is 15.6. The zero-order valence-electron chi connectivity index (χ0n) is 12.4. The largest absolute Gasteiger partial charge is 0.506 e. The number of carbonyl (C=O) groups excluding carboxylic acids is 1. The van der Waals surface area contributed by atoms with E-state index in [1.54, 1.807) is 24.3 Å². The first kappa shape index (κ1) is 16.7. The van der Waals surface area contributed by atoms with E-state index in [0.29, 0.717) is 42.7 Å². The van der Waals surface area contributed by atoms with Crippen LogP contribution in [0.1, 0.15) is 10.4 Å². The van der Waals surface area contributed by atoms with Crippen molar-refractivity contribution in [2.24, 2.45) is 0 Å². The van der Waals surface area contributed by atoms with E-state index in [0.717, 1.165) is 6.29 Å². The maximum absolute atomic E-state index is 11.2. The van der Waals surface area contributed by atoms with Crippen molar-refractivity contribution >= 4 is 60.6 Å². The molecule has 2 N–H and O–H groups in total. The van der Waals surface area contributed by atoms with E-state index < -0.39 is 0 Å². The Morgan fingerprint density at radius 1 is 1.17 bits per heavy atom. The number of aromatic hydroxyl groups is 1. The third kappa shape index (κ3) is 3.07. The number of fused-ring (bicyclic) bond motifs is 1. The van der Waals surface area contributed by atoms with Crippen molar-refractivity contribution in [3.8, 4) is 11.5 Å². The minimum atomic E-state index is 0.112. The number of anilines is 2.